The lowest BCUT2D eigenvalue weighted by Gasteiger charge is -2.19. The highest BCUT2D eigenvalue weighted by molar-refractivity contribution is 14.0. The van der Waals surface area contributed by atoms with Crippen LogP contribution in [0.5, 0.6) is 0 Å². The molecule has 3 N–H and O–H groups in total. The molecule has 2 atom stereocenters. The first-order valence-corrected chi connectivity index (χ1v) is 8.34. The summed E-state index contributed by atoms with van der Waals surface area (Å²) in [6.45, 7) is 4.15. The van der Waals surface area contributed by atoms with Crippen molar-refractivity contribution in [3.8, 4) is 0 Å². The van der Waals surface area contributed by atoms with Crippen molar-refractivity contribution in [1.29, 1.82) is 0 Å². The van der Waals surface area contributed by atoms with Crippen LogP contribution in [-0.2, 0) is 0 Å². The van der Waals surface area contributed by atoms with E-state index in [0.717, 1.165) is 12.1 Å². The summed E-state index contributed by atoms with van der Waals surface area (Å²) in [4.78, 5) is 4.25. The van der Waals surface area contributed by atoms with Gasteiger partial charge in [0, 0.05) is 12.1 Å². The van der Waals surface area contributed by atoms with E-state index in [0.29, 0.717) is 18.1 Å². The Morgan fingerprint density at radius 2 is 1.78 bits per heavy atom. The van der Waals surface area contributed by atoms with Gasteiger partial charge in [-0.1, -0.05) is 24.3 Å². The second-order valence-corrected chi connectivity index (χ2v) is 5.80. The van der Waals surface area contributed by atoms with E-state index in [1.807, 2.05) is 6.92 Å². The molecule has 8 heteroatoms. The zero-order chi connectivity index (χ0) is 19.1. The second-order valence-electron chi connectivity index (χ2n) is 5.80. The minimum absolute atomic E-state index is 0. The zero-order valence-electron chi connectivity index (χ0n) is 15.0. The number of nitrogens with one attached hydrogen (secondary N) is 2. The maximum Gasteiger partial charge on any atom is 0.191 e. The molecule has 4 nitrogen and oxygen atoms in total. The molecule has 0 fully saturated rings. The average Bonchev–Trinajstić information content (AvgIpc) is 2.62. The lowest BCUT2D eigenvalue weighted by molar-refractivity contribution is 0.182. The number of hydrogen-bond donors (Lipinski definition) is 3. The number of halogens is 4. The van der Waals surface area contributed by atoms with E-state index in [-0.39, 0.29) is 42.1 Å². The quantitative estimate of drug-likeness (QED) is 0.323. The molecule has 0 saturated carbocycles. The normalized spacial score (nSPS) is 13.5. The Bertz CT molecular complexity index is 774. The third kappa shape index (κ3) is 6.69. The van der Waals surface area contributed by atoms with Crippen molar-refractivity contribution in [2.24, 2.45) is 4.99 Å². The lowest BCUT2D eigenvalue weighted by atomic mass is 10.1. The SMILES string of the molecule is CCNC(=NCC(O)c1ccccc1F)NC(C)c1ccc(F)c(F)c1.I. The molecule has 0 aliphatic rings. The largest absolute Gasteiger partial charge is 0.386 e. The van der Waals surface area contributed by atoms with Gasteiger partial charge in [0.15, 0.2) is 17.6 Å². The van der Waals surface area contributed by atoms with Gasteiger partial charge < -0.3 is 15.7 Å². The maximum atomic E-state index is 13.7. The van der Waals surface area contributed by atoms with Crippen molar-refractivity contribution in [2.75, 3.05) is 13.1 Å². The van der Waals surface area contributed by atoms with Crippen LogP contribution < -0.4 is 10.6 Å². The Morgan fingerprint density at radius 3 is 2.41 bits per heavy atom. The number of aliphatic imine (C=N–C) groups is 1. The number of rotatable bonds is 6. The minimum Gasteiger partial charge on any atom is -0.386 e. The molecule has 27 heavy (non-hydrogen) atoms. The monoisotopic (exact) mass is 493 g/mol. The van der Waals surface area contributed by atoms with Crippen LogP contribution in [0, 0.1) is 17.5 Å². The van der Waals surface area contributed by atoms with E-state index in [2.05, 4.69) is 15.6 Å². The second kappa shape index (κ2) is 11.1. The molecular formula is C19H23F3IN3O. The zero-order valence-corrected chi connectivity index (χ0v) is 17.4. The topological polar surface area (TPSA) is 56.7 Å². The highest BCUT2D eigenvalue weighted by Crippen LogP contribution is 2.18. The Hall–Kier alpha value is -1.81. The highest BCUT2D eigenvalue weighted by atomic mass is 127. The van der Waals surface area contributed by atoms with Crippen LogP contribution in [0.1, 0.15) is 37.1 Å². The smallest absolute Gasteiger partial charge is 0.191 e. The molecule has 2 aromatic rings. The van der Waals surface area contributed by atoms with Crippen molar-refractivity contribution in [3.05, 3.63) is 71.0 Å². The Labute approximate surface area is 173 Å². The molecule has 0 spiro atoms. The van der Waals surface area contributed by atoms with Gasteiger partial charge in [0.05, 0.1) is 12.6 Å². The highest BCUT2D eigenvalue weighted by Gasteiger charge is 2.14. The molecule has 2 aromatic carbocycles. The molecule has 0 aromatic heterocycles. The van der Waals surface area contributed by atoms with Gasteiger partial charge in [-0.05, 0) is 37.6 Å². The molecular weight excluding hydrogens is 470 g/mol. The molecule has 0 amide bonds. The molecule has 0 radical (unpaired) electrons. The predicted octanol–water partition coefficient (Wildman–Crippen LogP) is 4.07. The first-order chi connectivity index (χ1) is 12.4. The van der Waals surface area contributed by atoms with E-state index in [1.165, 1.54) is 18.2 Å². The number of hydrogen-bond acceptors (Lipinski definition) is 2. The predicted molar refractivity (Wildman–Crippen MR) is 111 cm³/mol. The fraction of sp³-hybridized carbons (Fsp3) is 0.316. The fourth-order valence-electron chi connectivity index (χ4n) is 2.41. The van der Waals surface area contributed by atoms with E-state index >= 15 is 0 Å². The molecule has 0 bridgehead atoms. The number of guanidine groups is 1. The van der Waals surface area contributed by atoms with E-state index in [4.69, 9.17) is 0 Å². The van der Waals surface area contributed by atoms with E-state index in [1.54, 1.807) is 19.1 Å². The molecule has 2 rings (SSSR count). The first-order valence-electron chi connectivity index (χ1n) is 8.34. The summed E-state index contributed by atoms with van der Waals surface area (Å²) in [5, 5.41) is 16.2. The Balaban J connectivity index is 0.00000364. The van der Waals surface area contributed by atoms with Gasteiger partial charge in [-0.3, -0.25) is 4.99 Å². The molecule has 0 saturated heterocycles. The van der Waals surface area contributed by atoms with Gasteiger partial charge in [-0.25, -0.2) is 13.2 Å². The maximum absolute atomic E-state index is 13.7. The van der Waals surface area contributed by atoms with Crippen molar-refractivity contribution in [1.82, 2.24) is 10.6 Å². The number of aliphatic hydroxyl groups excluding tert-OH is 1. The van der Waals surface area contributed by atoms with Crippen molar-refractivity contribution in [3.63, 3.8) is 0 Å². The first kappa shape index (κ1) is 23.2. The van der Waals surface area contributed by atoms with Gasteiger partial charge in [0.2, 0.25) is 0 Å². The summed E-state index contributed by atoms with van der Waals surface area (Å²) >= 11 is 0. The van der Waals surface area contributed by atoms with E-state index < -0.39 is 23.6 Å². The van der Waals surface area contributed by atoms with Gasteiger partial charge in [0.1, 0.15) is 11.9 Å². The number of aliphatic hydroxyl groups is 1. The van der Waals surface area contributed by atoms with Gasteiger partial charge >= 0.3 is 0 Å². The lowest BCUT2D eigenvalue weighted by Crippen LogP contribution is -2.39. The number of nitrogens with zero attached hydrogens (tertiary/aromatic N) is 1. The van der Waals surface area contributed by atoms with Crippen molar-refractivity contribution >= 4 is 29.9 Å². The molecule has 0 heterocycles. The van der Waals surface area contributed by atoms with Crippen molar-refractivity contribution < 1.29 is 18.3 Å². The number of benzene rings is 2. The molecule has 0 aliphatic heterocycles. The van der Waals surface area contributed by atoms with Gasteiger partial charge in [-0.15, -0.1) is 24.0 Å². The van der Waals surface area contributed by atoms with Gasteiger partial charge in [0.25, 0.3) is 0 Å². The van der Waals surface area contributed by atoms with Crippen LogP contribution in [0.4, 0.5) is 13.2 Å². The van der Waals surface area contributed by atoms with Crippen LogP contribution in [0.3, 0.4) is 0 Å². The molecule has 2 unspecified atom stereocenters. The summed E-state index contributed by atoms with van der Waals surface area (Å²) in [6, 6.07) is 9.27. The van der Waals surface area contributed by atoms with Crippen LogP contribution in [0.2, 0.25) is 0 Å². The van der Waals surface area contributed by atoms with Gasteiger partial charge in [-0.2, -0.15) is 0 Å². The van der Waals surface area contributed by atoms with Crippen LogP contribution >= 0.6 is 24.0 Å². The summed E-state index contributed by atoms with van der Waals surface area (Å²) in [6.07, 6.45) is -1.09. The molecule has 0 aliphatic carbocycles. The summed E-state index contributed by atoms with van der Waals surface area (Å²) < 4.78 is 40.2. The standard InChI is InChI=1S/C19H22F3N3O.HI/c1-3-23-19(24-11-18(26)14-6-4-5-7-15(14)20)25-12(2)13-8-9-16(21)17(22)10-13;/h4-10,12,18,26H,3,11H2,1-2H3,(H2,23,24,25);1H. The van der Waals surface area contributed by atoms with Crippen LogP contribution in [-0.4, -0.2) is 24.2 Å². The molecule has 148 valence electrons. The third-order valence-corrected chi connectivity index (χ3v) is 3.83. The minimum atomic E-state index is -1.09. The third-order valence-electron chi connectivity index (χ3n) is 3.83. The fourth-order valence-corrected chi connectivity index (χ4v) is 2.41. The van der Waals surface area contributed by atoms with Crippen LogP contribution in [0.15, 0.2) is 47.5 Å². The summed E-state index contributed by atoms with van der Waals surface area (Å²) in [7, 11) is 0. The van der Waals surface area contributed by atoms with E-state index in [9.17, 15) is 18.3 Å². The summed E-state index contributed by atoms with van der Waals surface area (Å²) in [5.41, 5.74) is 0.713. The van der Waals surface area contributed by atoms with Crippen LogP contribution in [0.25, 0.3) is 0 Å². The Morgan fingerprint density at radius 1 is 1.07 bits per heavy atom. The van der Waals surface area contributed by atoms with Crippen molar-refractivity contribution in [2.45, 2.75) is 26.0 Å². The average molecular weight is 493 g/mol. The Kier molecular flexibility index (Phi) is 9.57. The summed E-state index contributed by atoms with van der Waals surface area (Å²) in [5.74, 6) is -1.95.